The largest absolute Gasteiger partial charge is 0.491 e. The molecule has 1 aliphatic rings. The van der Waals surface area contributed by atoms with Crippen LogP contribution in [-0.4, -0.2) is 31.1 Å². The fourth-order valence-electron chi connectivity index (χ4n) is 4.79. The molecule has 4 aromatic rings. The number of rotatable bonds is 12. The molecule has 0 aromatic heterocycles. The predicted octanol–water partition coefficient (Wildman–Crippen LogP) is 7.06. The van der Waals surface area contributed by atoms with Crippen LogP contribution in [0.1, 0.15) is 45.1 Å². The molecule has 5 rings (SSSR count). The Morgan fingerprint density at radius 1 is 0.732 bits per heavy atom. The lowest BCUT2D eigenvalue weighted by atomic mass is 10.0. The number of nitrogens with zero attached hydrogens (tertiary/aromatic N) is 1. The van der Waals surface area contributed by atoms with Gasteiger partial charge in [0.25, 0.3) is 5.91 Å². The second kappa shape index (κ2) is 13.2. The first kappa shape index (κ1) is 28.0. The minimum Gasteiger partial charge on any atom is -0.491 e. The standard InChI is InChI=1S/C35H35NO5/c1-25(2)31-19-32(35(37)36-21-28-14-15-30(18-29(28)22-36)39-17-16-38-3)34(41-24-27-12-8-5-9-13-27)20-33(31)40-23-26-10-6-4-7-11-26/h4-15,18-20H,1,16-17,21-24H2,2-3H3. The van der Waals surface area contributed by atoms with E-state index in [0.29, 0.717) is 56.6 Å². The highest BCUT2D eigenvalue weighted by Gasteiger charge is 2.28. The Balaban J connectivity index is 1.42. The molecular formula is C35H35NO5. The fourth-order valence-corrected chi connectivity index (χ4v) is 4.79. The number of amides is 1. The Morgan fingerprint density at radius 3 is 1.95 bits per heavy atom. The van der Waals surface area contributed by atoms with Crippen LogP contribution in [0.2, 0.25) is 0 Å². The molecule has 0 N–H and O–H groups in total. The summed E-state index contributed by atoms with van der Waals surface area (Å²) in [6, 6.07) is 29.5. The van der Waals surface area contributed by atoms with Gasteiger partial charge in [0.1, 0.15) is 37.1 Å². The van der Waals surface area contributed by atoms with Crippen molar-refractivity contribution in [2.45, 2.75) is 33.2 Å². The van der Waals surface area contributed by atoms with E-state index < -0.39 is 0 Å². The summed E-state index contributed by atoms with van der Waals surface area (Å²) in [5, 5.41) is 0. The third-order valence-electron chi connectivity index (χ3n) is 6.99. The van der Waals surface area contributed by atoms with Crippen molar-refractivity contribution >= 4 is 11.5 Å². The Hall–Kier alpha value is -4.55. The third-order valence-corrected chi connectivity index (χ3v) is 6.99. The van der Waals surface area contributed by atoms with Crippen molar-refractivity contribution in [3.63, 3.8) is 0 Å². The molecule has 0 radical (unpaired) electrons. The zero-order valence-corrected chi connectivity index (χ0v) is 23.6. The van der Waals surface area contributed by atoms with Gasteiger partial charge in [-0.05, 0) is 52.9 Å². The van der Waals surface area contributed by atoms with Crippen LogP contribution in [0.5, 0.6) is 17.2 Å². The SMILES string of the molecule is C=C(C)c1cc(C(=O)N2Cc3ccc(OCCOC)cc3C2)c(OCc2ccccc2)cc1OCc1ccccc1. The van der Waals surface area contributed by atoms with Gasteiger partial charge in [-0.1, -0.05) is 73.3 Å². The van der Waals surface area contributed by atoms with E-state index in [1.807, 2.05) is 103 Å². The van der Waals surface area contributed by atoms with Gasteiger partial charge in [0, 0.05) is 31.8 Å². The molecule has 210 valence electrons. The van der Waals surface area contributed by atoms with E-state index in [9.17, 15) is 4.79 Å². The summed E-state index contributed by atoms with van der Waals surface area (Å²) < 4.78 is 23.4. The highest BCUT2D eigenvalue weighted by atomic mass is 16.5. The lowest BCUT2D eigenvalue weighted by Crippen LogP contribution is -2.26. The first-order valence-corrected chi connectivity index (χ1v) is 13.7. The maximum Gasteiger partial charge on any atom is 0.258 e. The van der Waals surface area contributed by atoms with Crippen molar-refractivity contribution in [1.82, 2.24) is 4.90 Å². The van der Waals surface area contributed by atoms with Gasteiger partial charge in [-0.15, -0.1) is 0 Å². The van der Waals surface area contributed by atoms with Crippen molar-refractivity contribution in [3.8, 4) is 17.2 Å². The summed E-state index contributed by atoms with van der Waals surface area (Å²) in [5.41, 5.74) is 6.30. The van der Waals surface area contributed by atoms with E-state index in [-0.39, 0.29) is 5.91 Å². The summed E-state index contributed by atoms with van der Waals surface area (Å²) in [6.45, 7) is 8.80. The molecule has 0 atom stereocenters. The number of hydrogen-bond donors (Lipinski definition) is 0. The molecule has 1 amide bonds. The first-order valence-electron chi connectivity index (χ1n) is 13.7. The number of allylic oxidation sites excluding steroid dienone is 1. The van der Waals surface area contributed by atoms with Crippen LogP contribution in [-0.2, 0) is 31.0 Å². The molecule has 1 heterocycles. The summed E-state index contributed by atoms with van der Waals surface area (Å²) in [7, 11) is 1.65. The molecule has 0 fully saturated rings. The maximum atomic E-state index is 14.0. The predicted molar refractivity (Wildman–Crippen MR) is 160 cm³/mol. The highest BCUT2D eigenvalue weighted by molar-refractivity contribution is 5.98. The summed E-state index contributed by atoms with van der Waals surface area (Å²) >= 11 is 0. The first-order chi connectivity index (χ1) is 20.0. The molecular weight excluding hydrogens is 514 g/mol. The normalized spacial score (nSPS) is 12.1. The van der Waals surface area contributed by atoms with Gasteiger partial charge in [-0.3, -0.25) is 4.79 Å². The topological polar surface area (TPSA) is 57.2 Å². The van der Waals surface area contributed by atoms with Crippen molar-refractivity contribution in [2.24, 2.45) is 0 Å². The van der Waals surface area contributed by atoms with E-state index >= 15 is 0 Å². The van der Waals surface area contributed by atoms with Crippen LogP contribution in [0.25, 0.3) is 5.57 Å². The third kappa shape index (κ3) is 6.97. The van der Waals surface area contributed by atoms with Crippen LogP contribution >= 0.6 is 0 Å². The monoisotopic (exact) mass is 549 g/mol. The number of hydrogen-bond acceptors (Lipinski definition) is 5. The summed E-state index contributed by atoms with van der Waals surface area (Å²) in [5.74, 6) is 1.77. The maximum absolute atomic E-state index is 14.0. The number of methoxy groups -OCH3 is 1. The zero-order valence-electron chi connectivity index (χ0n) is 23.6. The van der Waals surface area contributed by atoms with Gasteiger partial charge in [-0.25, -0.2) is 0 Å². The average molecular weight is 550 g/mol. The van der Waals surface area contributed by atoms with Crippen molar-refractivity contribution in [3.05, 3.63) is 131 Å². The molecule has 41 heavy (non-hydrogen) atoms. The lowest BCUT2D eigenvalue weighted by molar-refractivity contribution is 0.0746. The lowest BCUT2D eigenvalue weighted by Gasteiger charge is -2.21. The van der Waals surface area contributed by atoms with Gasteiger partial charge >= 0.3 is 0 Å². The quantitative estimate of drug-likeness (QED) is 0.177. The Kier molecular flexibility index (Phi) is 9.02. The zero-order chi connectivity index (χ0) is 28.6. The van der Waals surface area contributed by atoms with Gasteiger partial charge in [0.05, 0.1) is 12.2 Å². The second-order valence-electron chi connectivity index (χ2n) is 10.1. The number of carbonyl (C=O) groups excluding carboxylic acids is 1. The van der Waals surface area contributed by atoms with E-state index in [0.717, 1.165) is 39.1 Å². The van der Waals surface area contributed by atoms with Crippen LogP contribution in [0.15, 0.2) is 97.6 Å². The average Bonchev–Trinajstić information content (AvgIpc) is 3.43. The molecule has 0 bridgehead atoms. The van der Waals surface area contributed by atoms with Crippen molar-refractivity contribution < 1.29 is 23.7 Å². The Morgan fingerprint density at radius 2 is 1.34 bits per heavy atom. The molecule has 0 saturated carbocycles. The second-order valence-corrected chi connectivity index (χ2v) is 10.1. The molecule has 1 aliphatic heterocycles. The van der Waals surface area contributed by atoms with Gasteiger partial charge in [0.15, 0.2) is 0 Å². The van der Waals surface area contributed by atoms with Crippen LogP contribution in [0.4, 0.5) is 0 Å². The van der Waals surface area contributed by atoms with Crippen molar-refractivity contribution in [2.75, 3.05) is 20.3 Å². The smallest absolute Gasteiger partial charge is 0.258 e. The van der Waals surface area contributed by atoms with E-state index in [1.165, 1.54) is 0 Å². The molecule has 0 spiro atoms. The molecule has 4 aromatic carbocycles. The van der Waals surface area contributed by atoms with E-state index in [4.69, 9.17) is 18.9 Å². The van der Waals surface area contributed by atoms with Crippen LogP contribution in [0.3, 0.4) is 0 Å². The van der Waals surface area contributed by atoms with Crippen LogP contribution in [0, 0.1) is 0 Å². The van der Waals surface area contributed by atoms with Gasteiger partial charge < -0.3 is 23.8 Å². The fraction of sp³-hybridized carbons (Fsp3) is 0.229. The van der Waals surface area contributed by atoms with Gasteiger partial charge in [-0.2, -0.15) is 0 Å². The number of benzene rings is 4. The summed E-state index contributed by atoms with van der Waals surface area (Å²) in [6.07, 6.45) is 0. The minimum absolute atomic E-state index is 0.108. The highest BCUT2D eigenvalue weighted by Crippen LogP contribution is 2.36. The molecule has 0 unspecified atom stereocenters. The Bertz CT molecular complexity index is 1500. The summed E-state index contributed by atoms with van der Waals surface area (Å²) in [4.78, 5) is 15.9. The van der Waals surface area contributed by atoms with E-state index in [1.54, 1.807) is 7.11 Å². The molecule has 0 saturated heterocycles. The van der Waals surface area contributed by atoms with Crippen molar-refractivity contribution in [1.29, 1.82) is 0 Å². The van der Waals surface area contributed by atoms with Gasteiger partial charge in [0.2, 0.25) is 0 Å². The molecule has 0 aliphatic carbocycles. The number of fused-ring (bicyclic) bond motifs is 1. The van der Waals surface area contributed by atoms with E-state index in [2.05, 4.69) is 6.58 Å². The Labute approximate surface area is 241 Å². The molecule has 6 heteroatoms. The molecule has 6 nitrogen and oxygen atoms in total. The van der Waals surface area contributed by atoms with Crippen LogP contribution < -0.4 is 14.2 Å². The number of ether oxygens (including phenoxy) is 4. The minimum atomic E-state index is -0.108. The number of carbonyl (C=O) groups is 1.